The van der Waals surface area contributed by atoms with Crippen LogP contribution in [0, 0.1) is 0 Å². The summed E-state index contributed by atoms with van der Waals surface area (Å²) in [5, 5.41) is 0. The molecule has 0 amide bonds. The van der Waals surface area contributed by atoms with E-state index in [2.05, 4.69) is 15.9 Å². The van der Waals surface area contributed by atoms with Gasteiger partial charge in [0.2, 0.25) is 0 Å². The highest BCUT2D eigenvalue weighted by Gasteiger charge is 2.33. The molecule has 2 nitrogen and oxygen atoms in total. The van der Waals surface area contributed by atoms with E-state index in [1.807, 2.05) is 0 Å². The smallest absolute Gasteiger partial charge is 0.417 e. The van der Waals surface area contributed by atoms with Gasteiger partial charge in [0.1, 0.15) is 0 Å². The largest absolute Gasteiger partial charge is 0.462 e. The molecule has 0 aliphatic rings. The number of ether oxygens (including phenoxy) is 1. The molecular weight excluding hydrogens is 393 g/mol. The lowest BCUT2D eigenvalue weighted by Gasteiger charge is -2.13. The number of hydrogen-bond acceptors (Lipinski definition) is 3. The number of hydrogen-bond donors (Lipinski definition) is 0. The van der Waals surface area contributed by atoms with Gasteiger partial charge < -0.3 is 4.74 Å². The van der Waals surface area contributed by atoms with E-state index >= 15 is 0 Å². The molecule has 0 saturated heterocycles. The number of alkyl halides is 3. The van der Waals surface area contributed by atoms with Gasteiger partial charge in [-0.15, -0.1) is 0 Å². The number of carbonyl (C=O) groups excluding carboxylic acids is 1. The summed E-state index contributed by atoms with van der Waals surface area (Å²) < 4.78 is 44.5. The van der Waals surface area contributed by atoms with Crippen LogP contribution in [0.15, 0.2) is 56.7 Å². The summed E-state index contributed by atoms with van der Waals surface area (Å²) >= 11 is 4.04. The van der Waals surface area contributed by atoms with Crippen LogP contribution in [0.4, 0.5) is 13.2 Å². The second kappa shape index (κ2) is 7.40. The van der Waals surface area contributed by atoms with E-state index in [1.165, 1.54) is 18.2 Å². The van der Waals surface area contributed by atoms with Crippen molar-refractivity contribution in [3.63, 3.8) is 0 Å². The first-order valence-corrected chi connectivity index (χ1v) is 8.24. The van der Waals surface area contributed by atoms with Gasteiger partial charge in [-0.3, -0.25) is 0 Å². The summed E-state index contributed by atoms with van der Waals surface area (Å²) in [6.07, 6.45) is -4.43. The van der Waals surface area contributed by atoms with E-state index in [4.69, 9.17) is 4.74 Å². The first-order valence-electron chi connectivity index (χ1n) is 6.63. The summed E-state index contributed by atoms with van der Waals surface area (Å²) in [5.74, 6) is -0.455. The maximum absolute atomic E-state index is 13.1. The van der Waals surface area contributed by atoms with E-state index in [-0.39, 0.29) is 11.5 Å². The molecule has 23 heavy (non-hydrogen) atoms. The summed E-state index contributed by atoms with van der Waals surface area (Å²) in [7, 11) is 0. The molecule has 0 bridgehead atoms. The van der Waals surface area contributed by atoms with E-state index in [0.29, 0.717) is 14.9 Å². The Bertz CT molecular complexity index is 699. The molecule has 0 N–H and O–H groups in total. The van der Waals surface area contributed by atoms with Crippen LogP contribution < -0.4 is 0 Å². The summed E-state index contributed by atoms with van der Waals surface area (Å²) in [6.45, 7) is 1.97. The lowest BCUT2D eigenvalue weighted by molar-refractivity contribution is -0.139. The third-order valence-electron chi connectivity index (χ3n) is 2.84. The Kier molecular flexibility index (Phi) is 5.75. The normalized spacial score (nSPS) is 11.3. The maximum Gasteiger partial charge on any atom is 0.417 e. The molecule has 122 valence electrons. The van der Waals surface area contributed by atoms with Crippen molar-refractivity contribution >= 4 is 33.7 Å². The monoisotopic (exact) mass is 404 g/mol. The first-order chi connectivity index (χ1) is 10.8. The molecule has 0 aliphatic heterocycles. The number of rotatable bonds is 4. The Balaban J connectivity index is 2.25. The van der Waals surface area contributed by atoms with Crippen molar-refractivity contribution in [2.75, 3.05) is 6.61 Å². The third kappa shape index (κ3) is 4.75. The van der Waals surface area contributed by atoms with Crippen molar-refractivity contribution in [2.24, 2.45) is 0 Å². The Hall–Kier alpha value is -1.47. The van der Waals surface area contributed by atoms with E-state index < -0.39 is 17.7 Å². The van der Waals surface area contributed by atoms with Gasteiger partial charge in [0.25, 0.3) is 0 Å². The van der Waals surface area contributed by atoms with Gasteiger partial charge >= 0.3 is 12.1 Å². The van der Waals surface area contributed by atoms with Crippen molar-refractivity contribution < 1.29 is 22.7 Å². The first kappa shape index (κ1) is 17.9. The molecule has 0 spiro atoms. The molecule has 0 heterocycles. The minimum absolute atomic E-state index is 0.101. The SMILES string of the molecule is CCOC(=O)c1ccc(Sc2ccc(Br)cc2C(F)(F)F)cc1. The topological polar surface area (TPSA) is 26.3 Å². The molecule has 0 unspecified atom stereocenters. The zero-order valence-electron chi connectivity index (χ0n) is 12.0. The summed E-state index contributed by atoms with van der Waals surface area (Å²) in [5.41, 5.74) is -0.339. The van der Waals surface area contributed by atoms with E-state index in [0.717, 1.165) is 17.8 Å². The quantitative estimate of drug-likeness (QED) is 0.602. The maximum atomic E-state index is 13.1. The van der Waals surface area contributed by atoms with Gasteiger partial charge in [-0.2, -0.15) is 13.2 Å². The molecule has 0 atom stereocenters. The highest BCUT2D eigenvalue weighted by Crippen LogP contribution is 2.40. The molecule has 2 aromatic rings. The Labute approximate surface area is 144 Å². The number of halogens is 4. The predicted molar refractivity (Wildman–Crippen MR) is 85.7 cm³/mol. The van der Waals surface area contributed by atoms with Gasteiger partial charge in [-0.25, -0.2) is 4.79 Å². The highest BCUT2D eigenvalue weighted by molar-refractivity contribution is 9.10. The molecule has 0 saturated carbocycles. The Morgan fingerprint density at radius 2 is 1.83 bits per heavy atom. The predicted octanol–water partition coefficient (Wildman–Crippen LogP) is 5.80. The molecule has 0 fully saturated rings. The fourth-order valence-electron chi connectivity index (χ4n) is 1.81. The van der Waals surface area contributed by atoms with Gasteiger partial charge in [-0.05, 0) is 49.4 Å². The summed E-state index contributed by atoms with van der Waals surface area (Å²) in [4.78, 5) is 12.3. The van der Waals surface area contributed by atoms with Crippen LogP contribution in [0.2, 0.25) is 0 Å². The number of benzene rings is 2. The molecule has 0 aliphatic carbocycles. The van der Waals surface area contributed by atoms with E-state index in [1.54, 1.807) is 25.1 Å². The minimum Gasteiger partial charge on any atom is -0.462 e. The Morgan fingerprint density at radius 1 is 1.17 bits per heavy atom. The molecule has 2 rings (SSSR count). The van der Waals surface area contributed by atoms with Crippen molar-refractivity contribution in [2.45, 2.75) is 22.9 Å². The lowest BCUT2D eigenvalue weighted by atomic mass is 10.2. The van der Waals surface area contributed by atoms with Crippen LogP contribution in [0.25, 0.3) is 0 Å². The standard InChI is InChI=1S/C16H12BrF3O2S/c1-2-22-15(21)10-3-6-12(7-4-10)23-14-8-5-11(17)9-13(14)16(18,19)20/h3-9H,2H2,1H3. The summed E-state index contributed by atoms with van der Waals surface area (Å²) in [6, 6.07) is 10.3. The van der Waals surface area contributed by atoms with E-state index in [9.17, 15) is 18.0 Å². The highest BCUT2D eigenvalue weighted by atomic mass is 79.9. The molecule has 2 aromatic carbocycles. The lowest BCUT2D eigenvalue weighted by Crippen LogP contribution is -2.06. The van der Waals surface area contributed by atoms with Crippen molar-refractivity contribution in [3.05, 3.63) is 58.1 Å². The van der Waals surface area contributed by atoms with Crippen LogP contribution in [-0.4, -0.2) is 12.6 Å². The van der Waals surface area contributed by atoms with Crippen molar-refractivity contribution in [1.82, 2.24) is 0 Å². The molecule has 0 aromatic heterocycles. The average molecular weight is 405 g/mol. The molecule has 7 heteroatoms. The van der Waals surface area contributed by atoms with Crippen LogP contribution in [-0.2, 0) is 10.9 Å². The van der Waals surface area contributed by atoms with Gasteiger partial charge in [-0.1, -0.05) is 27.7 Å². The average Bonchev–Trinajstić information content (AvgIpc) is 2.49. The van der Waals surface area contributed by atoms with Gasteiger partial charge in [0, 0.05) is 14.3 Å². The number of esters is 1. The van der Waals surface area contributed by atoms with Crippen LogP contribution in [0.5, 0.6) is 0 Å². The molecular formula is C16H12BrF3O2S. The number of carbonyl (C=O) groups is 1. The Morgan fingerprint density at radius 3 is 2.39 bits per heavy atom. The second-order valence-corrected chi connectivity index (χ2v) is 6.52. The van der Waals surface area contributed by atoms with Crippen molar-refractivity contribution in [3.8, 4) is 0 Å². The second-order valence-electron chi connectivity index (χ2n) is 4.49. The fourth-order valence-corrected chi connectivity index (χ4v) is 3.12. The third-order valence-corrected chi connectivity index (χ3v) is 4.42. The molecule has 0 radical (unpaired) electrons. The van der Waals surface area contributed by atoms with Crippen molar-refractivity contribution in [1.29, 1.82) is 0 Å². The van der Waals surface area contributed by atoms with Crippen LogP contribution >= 0.6 is 27.7 Å². The minimum atomic E-state index is -4.43. The van der Waals surface area contributed by atoms with Gasteiger partial charge in [0.15, 0.2) is 0 Å². The van der Waals surface area contributed by atoms with Gasteiger partial charge in [0.05, 0.1) is 17.7 Å². The zero-order valence-corrected chi connectivity index (χ0v) is 14.4. The zero-order chi connectivity index (χ0) is 17.0. The fraction of sp³-hybridized carbons (Fsp3) is 0.188. The van der Waals surface area contributed by atoms with Crippen LogP contribution in [0.3, 0.4) is 0 Å². The van der Waals surface area contributed by atoms with Crippen LogP contribution in [0.1, 0.15) is 22.8 Å².